The van der Waals surface area contributed by atoms with Gasteiger partial charge in [-0.2, -0.15) is 0 Å². The number of carbonyl (C=O) groups excluding carboxylic acids is 1. The maximum atomic E-state index is 12.7. The Balaban J connectivity index is 1.31. The van der Waals surface area contributed by atoms with E-state index in [9.17, 15) is 4.79 Å². The average molecular weight is 505 g/mol. The van der Waals surface area contributed by atoms with Crippen LogP contribution in [0.4, 0.5) is 5.69 Å². The average Bonchev–Trinajstić information content (AvgIpc) is 3.55. The number of aromatic nitrogens is 3. The minimum atomic E-state index is -0.400. The van der Waals surface area contributed by atoms with Crippen molar-refractivity contribution in [2.75, 3.05) is 25.0 Å². The summed E-state index contributed by atoms with van der Waals surface area (Å²) in [6.07, 6.45) is -0.400. The fourth-order valence-electron chi connectivity index (χ4n) is 3.67. The van der Waals surface area contributed by atoms with E-state index in [0.717, 1.165) is 11.4 Å². The molecule has 0 spiro atoms. The zero-order valence-electron chi connectivity index (χ0n) is 19.7. The number of hydrogen-bond donors (Lipinski definition) is 1. The van der Waals surface area contributed by atoms with Gasteiger partial charge in [-0.15, -0.1) is 10.2 Å². The molecule has 1 aliphatic rings. The van der Waals surface area contributed by atoms with E-state index in [0.29, 0.717) is 33.9 Å². The Morgan fingerprint density at radius 2 is 1.78 bits per heavy atom. The van der Waals surface area contributed by atoms with Crippen LogP contribution in [0.25, 0.3) is 5.69 Å². The van der Waals surface area contributed by atoms with Crippen LogP contribution in [0.15, 0.2) is 78.0 Å². The molecule has 5 rings (SSSR count). The molecule has 1 amide bonds. The molecule has 36 heavy (non-hydrogen) atoms. The van der Waals surface area contributed by atoms with Gasteiger partial charge in [-0.3, -0.25) is 9.36 Å². The third-order valence-corrected chi connectivity index (χ3v) is 6.33. The van der Waals surface area contributed by atoms with E-state index in [2.05, 4.69) is 15.5 Å². The van der Waals surface area contributed by atoms with Gasteiger partial charge < -0.3 is 24.3 Å². The van der Waals surface area contributed by atoms with E-state index in [4.69, 9.17) is 18.9 Å². The van der Waals surface area contributed by atoms with Crippen LogP contribution in [-0.4, -0.2) is 40.3 Å². The predicted molar refractivity (Wildman–Crippen MR) is 135 cm³/mol. The zero-order chi connectivity index (χ0) is 24.9. The summed E-state index contributed by atoms with van der Waals surface area (Å²) in [6.45, 7) is 2.09. The highest BCUT2D eigenvalue weighted by Crippen LogP contribution is 2.34. The first-order valence-electron chi connectivity index (χ1n) is 11.2. The van der Waals surface area contributed by atoms with Crippen LogP contribution in [0.1, 0.15) is 18.9 Å². The quantitative estimate of drug-likeness (QED) is 0.322. The highest BCUT2D eigenvalue weighted by molar-refractivity contribution is 7.99. The molecule has 0 saturated heterocycles. The van der Waals surface area contributed by atoms with Gasteiger partial charge in [0.25, 0.3) is 0 Å². The second kappa shape index (κ2) is 10.6. The Hall–Kier alpha value is -4.18. The molecule has 184 valence electrons. The summed E-state index contributed by atoms with van der Waals surface area (Å²) < 4.78 is 23.9. The number of benzene rings is 3. The highest BCUT2D eigenvalue weighted by atomic mass is 32.2. The Labute approximate surface area is 212 Å². The molecule has 1 N–H and O–H groups in total. The molecule has 10 heteroatoms. The number of anilines is 1. The lowest BCUT2D eigenvalue weighted by molar-refractivity contribution is -0.113. The molecule has 1 atom stereocenters. The van der Waals surface area contributed by atoms with Crippen molar-refractivity contribution < 1.29 is 23.7 Å². The molecular weight excluding hydrogens is 480 g/mol. The van der Waals surface area contributed by atoms with Crippen molar-refractivity contribution >= 4 is 23.4 Å². The number of carbonyl (C=O) groups is 1. The molecule has 0 saturated carbocycles. The monoisotopic (exact) mass is 504 g/mol. The Bertz CT molecular complexity index is 1340. The third kappa shape index (κ3) is 5.23. The lowest BCUT2D eigenvalue weighted by Crippen LogP contribution is -2.15. The van der Waals surface area contributed by atoms with E-state index in [-0.39, 0.29) is 18.5 Å². The molecule has 0 aliphatic carbocycles. The van der Waals surface area contributed by atoms with Gasteiger partial charge >= 0.3 is 0 Å². The molecule has 0 radical (unpaired) electrons. The number of methoxy groups -OCH3 is 1. The predicted octanol–water partition coefficient (Wildman–Crippen LogP) is 4.88. The molecule has 0 fully saturated rings. The standard InChI is InChI=1S/C26H24N4O5S/c1-17(35-21-11-9-20(32-2)10-12-21)25-28-29-26(30(25)19-6-4-3-5-7-19)36-15-24(31)27-18-8-13-22-23(14-18)34-16-33-22/h3-14,17H,15-16H2,1-2H3,(H,27,31). The fourth-order valence-corrected chi connectivity index (χ4v) is 4.43. The van der Waals surface area contributed by atoms with Crippen LogP contribution in [0, 0.1) is 0 Å². The van der Waals surface area contributed by atoms with Gasteiger partial charge in [-0.25, -0.2) is 0 Å². The van der Waals surface area contributed by atoms with Crippen molar-refractivity contribution in [3.05, 3.63) is 78.6 Å². The maximum Gasteiger partial charge on any atom is 0.234 e. The summed E-state index contributed by atoms with van der Waals surface area (Å²) in [5, 5.41) is 12.2. The van der Waals surface area contributed by atoms with Crippen LogP contribution in [-0.2, 0) is 4.79 Å². The molecule has 4 aromatic rings. The number of para-hydroxylation sites is 1. The van der Waals surface area contributed by atoms with E-state index in [1.54, 1.807) is 25.3 Å². The summed E-state index contributed by atoms with van der Waals surface area (Å²) >= 11 is 1.29. The van der Waals surface area contributed by atoms with Crippen molar-refractivity contribution in [2.24, 2.45) is 0 Å². The molecule has 3 aromatic carbocycles. The summed E-state index contributed by atoms with van der Waals surface area (Å²) in [6, 6.07) is 22.4. The maximum absolute atomic E-state index is 12.7. The van der Waals surface area contributed by atoms with Crippen molar-refractivity contribution in [1.29, 1.82) is 0 Å². The summed E-state index contributed by atoms with van der Waals surface area (Å²) in [7, 11) is 1.62. The first-order valence-corrected chi connectivity index (χ1v) is 12.2. The summed E-state index contributed by atoms with van der Waals surface area (Å²) in [4.78, 5) is 12.7. The van der Waals surface area contributed by atoms with Crippen LogP contribution in [0.5, 0.6) is 23.0 Å². The lowest BCUT2D eigenvalue weighted by atomic mass is 10.3. The van der Waals surface area contributed by atoms with Crippen molar-refractivity contribution in [3.8, 4) is 28.7 Å². The number of nitrogens with zero attached hydrogens (tertiary/aromatic N) is 3. The van der Waals surface area contributed by atoms with Crippen molar-refractivity contribution in [2.45, 2.75) is 18.2 Å². The SMILES string of the molecule is COc1ccc(OC(C)c2nnc(SCC(=O)Nc3ccc4c(c3)OCO4)n2-c2ccccc2)cc1. The Morgan fingerprint density at radius 1 is 1.03 bits per heavy atom. The first-order chi connectivity index (χ1) is 17.6. The highest BCUT2D eigenvalue weighted by Gasteiger charge is 2.22. The number of nitrogens with one attached hydrogen (secondary N) is 1. The van der Waals surface area contributed by atoms with Gasteiger partial charge in [-0.1, -0.05) is 30.0 Å². The first kappa shape index (κ1) is 23.6. The smallest absolute Gasteiger partial charge is 0.234 e. The minimum absolute atomic E-state index is 0.146. The molecule has 1 aromatic heterocycles. The topological polar surface area (TPSA) is 96.7 Å². The van der Waals surface area contributed by atoms with Crippen LogP contribution < -0.4 is 24.3 Å². The number of ether oxygens (including phenoxy) is 4. The van der Waals surface area contributed by atoms with Crippen molar-refractivity contribution in [1.82, 2.24) is 14.8 Å². The second-order valence-electron chi connectivity index (χ2n) is 7.85. The Kier molecular flexibility index (Phi) is 6.94. The number of thioether (sulfide) groups is 1. The minimum Gasteiger partial charge on any atom is -0.497 e. The number of amides is 1. The number of rotatable bonds is 9. The molecule has 2 heterocycles. The van der Waals surface area contributed by atoms with Crippen molar-refractivity contribution in [3.63, 3.8) is 0 Å². The lowest BCUT2D eigenvalue weighted by Gasteiger charge is -2.17. The molecular formula is C26H24N4O5S. The molecule has 9 nitrogen and oxygen atoms in total. The van der Waals surface area contributed by atoms with Gasteiger partial charge in [0.05, 0.1) is 12.9 Å². The van der Waals surface area contributed by atoms with Crippen LogP contribution in [0.2, 0.25) is 0 Å². The fraction of sp³-hybridized carbons (Fsp3) is 0.192. The van der Waals surface area contributed by atoms with E-state index < -0.39 is 6.10 Å². The van der Waals surface area contributed by atoms with Gasteiger partial charge in [0, 0.05) is 17.4 Å². The van der Waals surface area contributed by atoms with E-state index in [1.165, 1.54) is 11.8 Å². The van der Waals surface area contributed by atoms with Gasteiger partial charge in [0.1, 0.15) is 11.5 Å². The largest absolute Gasteiger partial charge is 0.497 e. The van der Waals surface area contributed by atoms with E-state index in [1.807, 2.05) is 66.1 Å². The van der Waals surface area contributed by atoms with Gasteiger partial charge in [0.15, 0.2) is 28.6 Å². The molecule has 1 unspecified atom stereocenters. The van der Waals surface area contributed by atoms with Gasteiger partial charge in [-0.05, 0) is 55.5 Å². The normalized spacial score (nSPS) is 12.7. The number of fused-ring (bicyclic) bond motifs is 1. The van der Waals surface area contributed by atoms with E-state index >= 15 is 0 Å². The summed E-state index contributed by atoms with van der Waals surface area (Å²) in [5.74, 6) is 3.30. The third-order valence-electron chi connectivity index (χ3n) is 5.40. The molecule has 1 aliphatic heterocycles. The van der Waals surface area contributed by atoms with Crippen LogP contribution in [0.3, 0.4) is 0 Å². The molecule has 0 bridgehead atoms. The Morgan fingerprint density at radius 3 is 2.56 bits per heavy atom. The van der Waals surface area contributed by atoms with Crippen LogP contribution >= 0.6 is 11.8 Å². The van der Waals surface area contributed by atoms with Gasteiger partial charge in [0.2, 0.25) is 12.7 Å². The zero-order valence-corrected chi connectivity index (χ0v) is 20.5. The number of hydrogen-bond acceptors (Lipinski definition) is 8. The summed E-state index contributed by atoms with van der Waals surface area (Å²) in [5.41, 5.74) is 1.51. The second-order valence-corrected chi connectivity index (χ2v) is 8.79.